The Balaban J connectivity index is 2.54. The summed E-state index contributed by atoms with van der Waals surface area (Å²) in [6.07, 6.45) is 2.08. The Labute approximate surface area is 121 Å². The van der Waals surface area contributed by atoms with E-state index in [-0.39, 0.29) is 11.7 Å². The predicted molar refractivity (Wildman–Crippen MR) is 82.1 cm³/mol. The molecule has 0 unspecified atom stereocenters. The maximum Gasteiger partial charge on any atom is 0.238 e. The monoisotopic (exact) mass is 276 g/mol. The van der Waals surface area contributed by atoms with Gasteiger partial charge >= 0.3 is 0 Å². The maximum absolute atomic E-state index is 12.0. The number of anilines is 1. The molecule has 0 saturated carbocycles. The van der Waals surface area contributed by atoms with Gasteiger partial charge in [0.25, 0.3) is 0 Å². The molecule has 4 nitrogen and oxygen atoms in total. The predicted octanol–water partition coefficient (Wildman–Crippen LogP) is 2.95. The Morgan fingerprint density at radius 2 is 1.60 bits per heavy atom. The average Bonchev–Trinajstić information content (AvgIpc) is 2.39. The molecular formula is C16H24N2O2. The third-order valence-corrected chi connectivity index (χ3v) is 3.02. The molecule has 0 heterocycles. The summed E-state index contributed by atoms with van der Waals surface area (Å²) >= 11 is 0. The van der Waals surface area contributed by atoms with Crippen molar-refractivity contribution in [2.75, 3.05) is 25.0 Å². The van der Waals surface area contributed by atoms with Crippen molar-refractivity contribution in [3.05, 3.63) is 29.8 Å². The van der Waals surface area contributed by atoms with Gasteiger partial charge in [-0.25, -0.2) is 0 Å². The SMILES string of the molecule is CCCN(CCC)CC(=O)Nc1ccc(C(C)=O)cc1. The summed E-state index contributed by atoms with van der Waals surface area (Å²) in [6.45, 7) is 8.04. The number of benzene rings is 1. The van der Waals surface area contributed by atoms with Gasteiger partial charge in [0.1, 0.15) is 0 Å². The third-order valence-electron chi connectivity index (χ3n) is 3.02. The zero-order valence-corrected chi connectivity index (χ0v) is 12.6. The molecule has 0 aromatic heterocycles. The van der Waals surface area contributed by atoms with Crippen molar-refractivity contribution in [1.29, 1.82) is 0 Å². The van der Waals surface area contributed by atoms with Crippen molar-refractivity contribution < 1.29 is 9.59 Å². The summed E-state index contributed by atoms with van der Waals surface area (Å²) in [5.41, 5.74) is 1.38. The Kier molecular flexibility index (Phi) is 6.94. The Morgan fingerprint density at radius 1 is 1.05 bits per heavy atom. The van der Waals surface area contributed by atoms with Crippen molar-refractivity contribution >= 4 is 17.4 Å². The molecule has 1 aromatic carbocycles. The molecule has 0 aliphatic heterocycles. The highest BCUT2D eigenvalue weighted by atomic mass is 16.2. The topological polar surface area (TPSA) is 49.4 Å². The standard InChI is InChI=1S/C16H24N2O2/c1-4-10-18(11-5-2)12-16(20)17-15-8-6-14(7-9-15)13(3)19/h6-9H,4-5,10-12H2,1-3H3,(H,17,20). The van der Waals surface area contributed by atoms with Crippen LogP contribution >= 0.6 is 0 Å². The smallest absolute Gasteiger partial charge is 0.238 e. The fourth-order valence-corrected chi connectivity index (χ4v) is 2.09. The molecule has 110 valence electrons. The zero-order valence-electron chi connectivity index (χ0n) is 12.6. The molecule has 0 radical (unpaired) electrons. The number of hydrogen-bond acceptors (Lipinski definition) is 3. The van der Waals surface area contributed by atoms with E-state index in [0.717, 1.165) is 31.6 Å². The van der Waals surface area contributed by atoms with E-state index in [1.807, 2.05) is 0 Å². The highest BCUT2D eigenvalue weighted by Gasteiger charge is 2.09. The van der Waals surface area contributed by atoms with Crippen LogP contribution in [-0.4, -0.2) is 36.2 Å². The van der Waals surface area contributed by atoms with E-state index in [1.165, 1.54) is 6.92 Å². The van der Waals surface area contributed by atoms with Gasteiger partial charge in [-0.3, -0.25) is 14.5 Å². The molecule has 0 aliphatic carbocycles. The Hall–Kier alpha value is -1.68. The first-order chi connectivity index (χ1) is 9.56. The quantitative estimate of drug-likeness (QED) is 0.743. The normalized spacial score (nSPS) is 10.6. The number of nitrogens with zero attached hydrogens (tertiary/aromatic N) is 1. The number of Topliss-reactive ketones (excluding diaryl/α,β-unsaturated/α-hetero) is 1. The van der Waals surface area contributed by atoms with E-state index in [1.54, 1.807) is 24.3 Å². The van der Waals surface area contributed by atoms with Crippen molar-refractivity contribution in [3.8, 4) is 0 Å². The first-order valence-electron chi connectivity index (χ1n) is 7.20. The fraction of sp³-hybridized carbons (Fsp3) is 0.500. The van der Waals surface area contributed by atoms with E-state index < -0.39 is 0 Å². The van der Waals surface area contributed by atoms with E-state index in [4.69, 9.17) is 0 Å². The molecule has 0 saturated heterocycles. The van der Waals surface area contributed by atoms with Gasteiger partial charge in [0, 0.05) is 11.3 Å². The first-order valence-corrected chi connectivity index (χ1v) is 7.20. The van der Waals surface area contributed by atoms with Crippen LogP contribution in [0.2, 0.25) is 0 Å². The van der Waals surface area contributed by atoms with Crippen molar-refractivity contribution in [2.24, 2.45) is 0 Å². The molecule has 1 aromatic rings. The molecule has 1 rings (SSSR count). The number of ketones is 1. The minimum Gasteiger partial charge on any atom is -0.325 e. The summed E-state index contributed by atoms with van der Waals surface area (Å²) in [5, 5.41) is 2.86. The summed E-state index contributed by atoms with van der Waals surface area (Å²) in [5.74, 6) is 0.0161. The van der Waals surface area contributed by atoms with Gasteiger partial charge in [-0.15, -0.1) is 0 Å². The van der Waals surface area contributed by atoms with Gasteiger partial charge in [-0.05, 0) is 57.1 Å². The molecule has 0 fully saturated rings. The highest BCUT2D eigenvalue weighted by Crippen LogP contribution is 2.10. The molecule has 0 atom stereocenters. The van der Waals surface area contributed by atoms with E-state index >= 15 is 0 Å². The molecular weight excluding hydrogens is 252 g/mol. The molecule has 1 N–H and O–H groups in total. The van der Waals surface area contributed by atoms with E-state index in [2.05, 4.69) is 24.1 Å². The average molecular weight is 276 g/mol. The molecule has 0 aliphatic rings. The number of carbonyl (C=O) groups excluding carboxylic acids is 2. The fourth-order valence-electron chi connectivity index (χ4n) is 2.09. The minimum atomic E-state index is -0.0116. The third kappa shape index (κ3) is 5.53. The molecule has 0 bridgehead atoms. The number of amides is 1. The van der Waals surface area contributed by atoms with Crippen LogP contribution in [0.3, 0.4) is 0 Å². The minimum absolute atomic E-state index is 0.0116. The van der Waals surface area contributed by atoms with Crippen molar-refractivity contribution in [3.63, 3.8) is 0 Å². The van der Waals surface area contributed by atoms with Crippen LogP contribution in [0.4, 0.5) is 5.69 Å². The lowest BCUT2D eigenvalue weighted by Gasteiger charge is -2.20. The summed E-state index contributed by atoms with van der Waals surface area (Å²) in [4.78, 5) is 25.3. The van der Waals surface area contributed by atoms with Crippen LogP contribution in [0.25, 0.3) is 0 Å². The van der Waals surface area contributed by atoms with E-state index in [9.17, 15) is 9.59 Å². The van der Waals surface area contributed by atoms with Crippen LogP contribution in [0, 0.1) is 0 Å². The van der Waals surface area contributed by atoms with Crippen molar-refractivity contribution in [2.45, 2.75) is 33.6 Å². The lowest BCUT2D eigenvalue weighted by Crippen LogP contribution is -2.34. The van der Waals surface area contributed by atoms with Crippen LogP contribution < -0.4 is 5.32 Å². The summed E-state index contributed by atoms with van der Waals surface area (Å²) in [7, 11) is 0. The van der Waals surface area contributed by atoms with Crippen LogP contribution in [-0.2, 0) is 4.79 Å². The molecule has 20 heavy (non-hydrogen) atoms. The van der Waals surface area contributed by atoms with Crippen LogP contribution in [0.5, 0.6) is 0 Å². The largest absolute Gasteiger partial charge is 0.325 e. The van der Waals surface area contributed by atoms with Gasteiger partial charge < -0.3 is 5.32 Å². The summed E-state index contributed by atoms with van der Waals surface area (Å²) < 4.78 is 0. The van der Waals surface area contributed by atoms with Gasteiger partial charge in [-0.1, -0.05) is 13.8 Å². The molecule has 4 heteroatoms. The number of hydrogen-bond donors (Lipinski definition) is 1. The molecule has 0 spiro atoms. The van der Waals surface area contributed by atoms with E-state index in [0.29, 0.717) is 12.1 Å². The second-order valence-corrected chi connectivity index (χ2v) is 4.96. The second kappa shape index (κ2) is 8.48. The Morgan fingerprint density at radius 3 is 2.05 bits per heavy atom. The van der Waals surface area contributed by atoms with Gasteiger partial charge in [0.2, 0.25) is 5.91 Å². The highest BCUT2D eigenvalue weighted by molar-refractivity contribution is 5.96. The molecule has 1 amide bonds. The van der Waals surface area contributed by atoms with Gasteiger partial charge in [-0.2, -0.15) is 0 Å². The summed E-state index contributed by atoms with van der Waals surface area (Å²) in [6, 6.07) is 6.98. The zero-order chi connectivity index (χ0) is 15.0. The first kappa shape index (κ1) is 16.4. The van der Waals surface area contributed by atoms with Crippen LogP contribution in [0.15, 0.2) is 24.3 Å². The van der Waals surface area contributed by atoms with Crippen LogP contribution in [0.1, 0.15) is 44.0 Å². The van der Waals surface area contributed by atoms with Gasteiger partial charge in [0.15, 0.2) is 5.78 Å². The lowest BCUT2D eigenvalue weighted by molar-refractivity contribution is -0.117. The maximum atomic E-state index is 12.0. The number of nitrogens with one attached hydrogen (secondary N) is 1. The Bertz CT molecular complexity index is 434. The second-order valence-electron chi connectivity index (χ2n) is 4.96. The number of rotatable bonds is 8. The van der Waals surface area contributed by atoms with Gasteiger partial charge in [0.05, 0.1) is 6.54 Å². The van der Waals surface area contributed by atoms with Crippen molar-refractivity contribution in [1.82, 2.24) is 4.90 Å². The number of carbonyl (C=O) groups is 2. The lowest BCUT2D eigenvalue weighted by atomic mass is 10.1.